The fraction of sp³-hybridized carbons (Fsp3) is 0.362. The standard InChI is InChI=1S/C47H49BN2/c1-27-9-8-10-38(14-27)49-40-17-30(4)12-32(6)44(40)48-45-33(7)13-31(5)18-41(45)50(39-15-28(2)11-29(3)16-39)43-23-37(22-42(49)46(43)48)47-24-34-19-35(25-47)21-36(20-34)26-47/h8-18,22-23,34-36H,19-21,24-26H2,1-7H3. The van der Waals surface area contributed by atoms with Gasteiger partial charge in [0.05, 0.1) is 0 Å². The van der Waals surface area contributed by atoms with Crippen molar-refractivity contribution in [2.75, 3.05) is 9.80 Å². The molecule has 0 saturated heterocycles. The van der Waals surface area contributed by atoms with Crippen molar-refractivity contribution >= 4 is 57.2 Å². The predicted octanol–water partition coefficient (Wildman–Crippen LogP) is 10.4. The van der Waals surface area contributed by atoms with Crippen LogP contribution < -0.4 is 26.2 Å². The maximum atomic E-state index is 2.71. The van der Waals surface area contributed by atoms with Crippen LogP contribution in [0.4, 0.5) is 34.1 Å². The Hall–Kier alpha value is -4.24. The molecule has 3 heteroatoms. The summed E-state index contributed by atoms with van der Waals surface area (Å²) in [5.41, 5.74) is 23.7. The van der Waals surface area contributed by atoms with E-state index in [1.54, 1.807) is 5.56 Å². The molecule has 4 bridgehead atoms. The van der Waals surface area contributed by atoms with Crippen LogP contribution >= 0.6 is 0 Å². The number of aryl methyl sites for hydroxylation is 7. The number of anilines is 6. The van der Waals surface area contributed by atoms with E-state index < -0.39 is 0 Å². The average Bonchev–Trinajstić information content (AvgIpc) is 3.03. The molecule has 0 radical (unpaired) electrons. The topological polar surface area (TPSA) is 6.48 Å². The van der Waals surface area contributed by atoms with Crippen LogP contribution in [0.1, 0.15) is 83.0 Å². The molecule has 5 aromatic rings. The molecule has 5 aromatic carbocycles. The lowest BCUT2D eigenvalue weighted by Crippen LogP contribution is -2.63. The molecule has 11 rings (SSSR count). The van der Waals surface area contributed by atoms with Crippen molar-refractivity contribution in [3.05, 3.63) is 123 Å². The summed E-state index contributed by atoms with van der Waals surface area (Å²) in [5, 5.41) is 0. The van der Waals surface area contributed by atoms with Gasteiger partial charge >= 0.3 is 0 Å². The predicted molar refractivity (Wildman–Crippen MR) is 213 cm³/mol. The van der Waals surface area contributed by atoms with Gasteiger partial charge in [-0.15, -0.1) is 0 Å². The van der Waals surface area contributed by atoms with Crippen molar-refractivity contribution < 1.29 is 0 Å². The third kappa shape index (κ3) is 4.41. The SMILES string of the molecule is Cc1cccc(N2c3cc(C)cc(C)c3B3c4c(C)cc(C)cc4N(c4cc(C)cc(C)c4)c4cc(C56CC7CC(CC(C7)C5)C6)cc2c43)c1. The number of fused-ring (bicyclic) bond motifs is 4. The van der Waals surface area contributed by atoms with E-state index in [0.717, 1.165) is 17.8 Å². The Kier molecular flexibility index (Phi) is 6.51. The highest BCUT2D eigenvalue weighted by Crippen LogP contribution is 2.62. The zero-order valence-corrected chi connectivity index (χ0v) is 31.0. The van der Waals surface area contributed by atoms with Crippen molar-refractivity contribution in [2.45, 2.75) is 92.4 Å². The van der Waals surface area contributed by atoms with Crippen molar-refractivity contribution in [3.8, 4) is 0 Å². The lowest BCUT2D eigenvalue weighted by molar-refractivity contribution is -0.00514. The van der Waals surface area contributed by atoms with Gasteiger partial charge in [-0.1, -0.05) is 41.5 Å². The molecule has 6 aliphatic rings. The van der Waals surface area contributed by atoms with E-state index in [1.165, 1.54) is 128 Å². The van der Waals surface area contributed by atoms with E-state index in [1.807, 2.05) is 0 Å². The van der Waals surface area contributed by atoms with E-state index in [-0.39, 0.29) is 12.1 Å². The molecule has 0 spiro atoms. The van der Waals surface area contributed by atoms with Crippen LogP contribution in [-0.2, 0) is 5.41 Å². The summed E-state index contributed by atoms with van der Waals surface area (Å²) in [4.78, 5) is 5.34. The lowest BCUT2D eigenvalue weighted by atomic mass is 9.32. The molecule has 4 fully saturated rings. The minimum Gasteiger partial charge on any atom is -0.311 e. The maximum Gasteiger partial charge on any atom is 0.252 e. The van der Waals surface area contributed by atoms with Crippen molar-refractivity contribution in [1.29, 1.82) is 0 Å². The monoisotopic (exact) mass is 652 g/mol. The Labute approximate surface area is 299 Å². The number of hydrogen-bond donors (Lipinski definition) is 0. The van der Waals surface area contributed by atoms with Gasteiger partial charge in [0.1, 0.15) is 0 Å². The van der Waals surface area contributed by atoms with Gasteiger partial charge in [-0.2, -0.15) is 0 Å². The molecule has 0 N–H and O–H groups in total. The van der Waals surface area contributed by atoms with Crippen LogP contribution in [0.2, 0.25) is 0 Å². The maximum absolute atomic E-state index is 2.71. The first-order valence-corrected chi connectivity index (χ1v) is 19.2. The Morgan fingerprint density at radius 2 is 0.940 bits per heavy atom. The molecule has 2 aliphatic heterocycles. The quantitative estimate of drug-likeness (QED) is 0.175. The van der Waals surface area contributed by atoms with E-state index in [2.05, 4.69) is 137 Å². The molecule has 4 saturated carbocycles. The number of rotatable bonds is 3. The molecular formula is C47H49BN2. The zero-order chi connectivity index (χ0) is 34.2. The Bertz CT molecular complexity index is 2210. The Balaban J connectivity index is 1.35. The van der Waals surface area contributed by atoms with Crippen molar-refractivity contribution in [2.24, 2.45) is 17.8 Å². The second-order valence-corrected chi connectivity index (χ2v) is 17.4. The lowest BCUT2D eigenvalue weighted by Gasteiger charge is -2.57. The average molecular weight is 653 g/mol. The molecule has 2 heterocycles. The van der Waals surface area contributed by atoms with Gasteiger partial charge < -0.3 is 9.80 Å². The molecule has 2 nitrogen and oxygen atoms in total. The van der Waals surface area contributed by atoms with Gasteiger partial charge in [-0.3, -0.25) is 0 Å². The van der Waals surface area contributed by atoms with Crippen molar-refractivity contribution in [1.82, 2.24) is 0 Å². The highest BCUT2D eigenvalue weighted by atomic mass is 15.2. The van der Waals surface area contributed by atoms with Crippen LogP contribution in [0.25, 0.3) is 0 Å². The highest BCUT2D eigenvalue weighted by Gasteiger charge is 2.53. The third-order valence-corrected chi connectivity index (χ3v) is 13.4. The van der Waals surface area contributed by atoms with Crippen LogP contribution in [0, 0.1) is 66.2 Å². The van der Waals surface area contributed by atoms with E-state index >= 15 is 0 Å². The van der Waals surface area contributed by atoms with Crippen LogP contribution in [-0.4, -0.2) is 6.71 Å². The summed E-state index contributed by atoms with van der Waals surface area (Å²) in [6, 6.07) is 31.6. The third-order valence-electron chi connectivity index (χ3n) is 13.4. The molecule has 0 aromatic heterocycles. The second kappa shape index (κ2) is 10.6. The molecule has 0 amide bonds. The van der Waals surface area contributed by atoms with Gasteiger partial charge in [-0.25, -0.2) is 0 Å². The van der Waals surface area contributed by atoms with Crippen molar-refractivity contribution in [3.63, 3.8) is 0 Å². The zero-order valence-electron chi connectivity index (χ0n) is 31.0. The number of benzene rings is 5. The molecule has 50 heavy (non-hydrogen) atoms. The summed E-state index contributed by atoms with van der Waals surface area (Å²) in [5.74, 6) is 2.67. The minimum atomic E-state index is 0.167. The molecule has 250 valence electrons. The van der Waals surface area contributed by atoms with Gasteiger partial charge in [0.15, 0.2) is 0 Å². The Morgan fingerprint density at radius 1 is 0.480 bits per heavy atom. The van der Waals surface area contributed by atoms with Gasteiger partial charge in [0.25, 0.3) is 6.71 Å². The van der Waals surface area contributed by atoms with E-state index in [4.69, 9.17) is 0 Å². The first-order chi connectivity index (χ1) is 24.0. The molecular weight excluding hydrogens is 603 g/mol. The number of hydrogen-bond acceptors (Lipinski definition) is 2. The molecule has 0 atom stereocenters. The normalized spacial score (nSPS) is 24.0. The van der Waals surface area contributed by atoms with Gasteiger partial charge in [0, 0.05) is 34.1 Å². The van der Waals surface area contributed by atoms with Crippen LogP contribution in [0.15, 0.2) is 78.9 Å². The molecule has 4 aliphatic carbocycles. The van der Waals surface area contributed by atoms with Gasteiger partial charge in [-0.05, 0) is 208 Å². The smallest absolute Gasteiger partial charge is 0.252 e. The second-order valence-electron chi connectivity index (χ2n) is 17.4. The molecule has 0 unspecified atom stereocenters. The summed E-state index contributed by atoms with van der Waals surface area (Å²) >= 11 is 0. The Morgan fingerprint density at radius 3 is 1.46 bits per heavy atom. The summed E-state index contributed by atoms with van der Waals surface area (Å²) in [7, 11) is 0. The van der Waals surface area contributed by atoms with E-state index in [0.29, 0.717) is 0 Å². The first-order valence-electron chi connectivity index (χ1n) is 19.2. The first kappa shape index (κ1) is 30.6. The minimum absolute atomic E-state index is 0.167. The number of nitrogens with zero attached hydrogens (tertiary/aromatic N) is 2. The fourth-order valence-corrected chi connectivity index (χ4v) is 12.2. The van der Waals surface area contributed by atoms with Crippen LogP contribution in [0.5, 0.6) is 0 Å². The largest absolute Gasteiger partial charge is 0.311 e. The summed E-state index contributed by atoms with van der Waals surface area (Å²) in [6.07, 6.45) is 8.46. The highest BCUT2D eigenvalue weighted by molar-refractivity contribution is 7.00. The summed E-state index contributed by atoms with van der Waals surface area (Å²) < 4.78 is 0. The van der Waals surface area contributed by atoms with E-state index in [9.17, 15) is 0 Å². The van der Waals surface area contributed by atoms with Crippen LogP contribution in [0.3, 0.4) is 0 Å². The summed E-state index contributed by atoms with van der Waals surface area (Å²) in [6.45, 7) is 16.2. The van der Waals surface area contributed by atoms with Gasteiger partial charge in [0.2, 0.25) is 0 Å². The fourth-order valence-electron chi connectivity index (χ4n) is 12.2.